The summed E-state index contributed by atoms with van der Waals surface area (Å²) < 4.78 is 5.31. The number of carbonyl (C=O) groups excluding carboxylic acids is 4. The molecule has 3 rings (SSSR count). The predicted molar refractivity (Wildman–Crippen MR) is 127 cm³/mol. The fourth-order valence-electron chi connectivity index (χ4n) is 2.80. The number of esters is 1. The number of anilines is 2. The number of thiophene rings is 1. The summed E-state index contributed by atoms with van der Waals surface area (Å²) in [7, 11) is 0. The Labute approximate surface area is 195 Å². The van der Waals surface area contributed by atoms with E-state index in [1.165, 1.54) is 37.3 Å². The van der Waals surface area contributed by atoms with Crippen molar-refractivity contribution in [3.8, 4) is 0 Å². The zero-order chi connectivity index (χ0) is 23.8. The van der Waals surface area contributed by atoms with Gasteiger partial charge in [-0.1, -0.05) is 18.2 Å². The van der Waals surface area contributed by atoms with Gasteiger partial charge in [-0.15, -0.1) is 11.3 Å². The number of Topliss-reactive ketones (excluding diaryl/α,β-unsaturated/α-hetero) is 1. The number of para-hydroxylation sites is 1. The van der Waals surface area contributed by atoms with Crippen LogP contribution in [0, 0.1) is 0 Å². The molecule has 3 aromatic rings. The lowest BCUT2D eigenvalue weighted by Gasteiger charge is -2.12. The van der Waals surface area contributed by atoms with Crippen molar-refractivity contribution in [3.05, 3.63) is 82.0 Å². The molecule has 1 heterocycles. The largest absolute Gasteiger partial charge is 0.451 e. The Hall–Kier alpha value is -3.98. The van der Waals surface area contributed by atoms with E-state index < -0.39 is 18.1 Å². The van der Waals surface area contributed by atoms with Crippen LogP contribution in [0.4, 0.5) is 16.2 Å². The summed E-state index contributed by atoms with van der Waals surface area (Å²) in [5.74, 6) is -1.12. The van der Waals surface area contributed by atoms with Gasteiger partial charge in [0.15, 0.2) is 6.10 Å². The number of ether oxygens (including phenoxy) is 1. The number of urea groups is 1. The molecule has 8 nitrogen and oxygen atoms in total. The Morgan fingerprint density at radius 1 is 0.879 bits per heavy atom. The van der Waals surface area contributed by atoms with Gasteiger partial charge in [0.2, 0.25) is 11.7 Å². The Morgan fingerprint density at radius 2 is 1.52 bits per heavy atom. The highest BCUT2D eigenvalue weighted by atomic mass is 32.1. The van der Waals surface area contributed by atoms with Gasteiger partial charge in [-0.05, 0) is 55.5 Å². The van der Waals surface area contributed by atoms with E-state index >= 15 is 0 Å². The van der Waals surface area contributed by atoms with Crippen molar-refractivity contribution in [2.24, 2.45) is 0 Å². The molecular weight excluding hydrogens is 442 g/mol. The van der Waals surface area contributed by atoms with Crippen molar-refractivity contribution in [2.75, 3.05) is 10.6 Å². The summed E-state index contributed by atoms with van der Waals surface area (Å²) in [4.78, 5) is 49.4. The third kappa shape index (κ3) is 7.01. The van der Waals surface area contributed by atoms with E-state index in [4.69, 9.17) is 4.74 Å². The fourth-order valence-corrected chi connectivity index (χ4v) is 3.77. The maximum atomic E-state index is 12.6. The molecule has 3 N–H and O–H groups in total. The van der Waals surface area contributed by atoms with Crippen molar-refractivity contribution in [1.82, 2.24) is 5.32 Å². The summed E-state index contributed by atoms with van der Waals surface area (Å²) in [6.45, 7) is 3.27. The van der Waals surface area contributed by atoms with Gasteiger partial charge in [-0.25, -0.2) is 9.59 Å². The number of ketones is 1. The van der Waals surface area contributed by atoms with Crippen LogP contribution >= 0.6 is 11.3 Å². The van der Waals surface area contributed by atoms with Crippen LogP contribution in [-0.2, 0) is 16.1 Å². The number of nitrogens with one attached hydrogen (secondary N) is 3. The van der Waals surface area contributed by atoms with Gasteiger partial charge in [-0.2, -0.15) is 0 Å². The first-order valence-electron chi connectivity index (χ1n) is 10.1. The summed E-state index contributed by atoms with van der Waals surface area (Å²) in [5.41, 5.74) is 1.40. The third-order valence-electron chi connectivity index (χ3n) is 4.48. The summed E-state index contributed by atoms with van der Waals surface area (Å²) in [6.07, 6.45) is -0.973. The molecular formula is C24H23N3O5S. The third-order valence-corrected chi connectivity index (χ3v) is 5.58. The second kappa shape index (κ2) is 11.1. The molecule has 1 unspecified atom stereocenters. The van der Waals surface area contributed by atoms with Crippen LogP contribution in [0.2, 0.25) is 0 Å². The van der Waals surface area contributed by atoms with E-state index in [0.29, 0.717) is 22.8 Å². The molecule has 2 aromatic carbocycles. The molecule has 0 bridgehead atoms. The Morgan fingerprint density at radius 3 is 2.15 bits per heavy atom. The monoisotopic (exact) mass is 465 g/mol. The van der Waals surface area contributed by atoms with Crippen LogP contribution in [0.5, 0.6) is 0 Å². The lowest BCUT2D eigenvalue weighted by molar-refractivity contribution is -0.119. The number of benzene rings is 2. The lowest BCUT2D eigenvalue weighted by Crippen LogP contribution is -2.24. The molecule has 0 radical (unpaired) electrons. The SMILES string of the molecule is CC(=O)NCc1ccc(C(=O)C(C)OC(=O)c2ccc(NC(=O)Nc3ccccc3)cc2)s1. The van der Waals surface area contributed by atoms with Crippen LogP contribution in [-0.4, -0.2) is 29.8 Å². The molecule has 0 spiro atoms. The number of rotatable bonds is 8. The van der Waals surface area contributed by atoms with Crippen LogP contribution in [0.3, 0.4) is 0 Å². The van der Waals surface area contributed by atoms with Crippen LogP contribution in [0.15, 0.2) is 66.7 Å². The van der Waals surface area contributed by atoms with E-state index in [1.807, 2.05) is 18.2 Å². The molecule has 1 atom stereocenters. The van der Waals surface area contributed by atoms with Crippen LogP contribution in [0.25, 0.3) is 0 Å². The number of hydrogen-bond acceptors (Lipinski definition) is 6. The van der Waals surface area contributed by atoms with E-state index in [1.54, 1.807) is 36.4 Å². The maximum Gasteiger partial charge on any atom is 0.338 e. The summed E-state index contributed by atoms with van der Waals surface area (Å²) in [5, 5.41) is 8.04. The van der Waals surface area contributed by atoms with Gasteiger partial charge >= 0.3 is 12.0 Å². The normalized spacial score (nSPS) is 11.2. The second-order valence-corrected chi connectivity index (χ2v) is 8.28. The molecule has 0 saturated carbocycles. The standard InChI is InChI=1S/C24H23N3O5S/c1-15(22(29)21-13-12-20(33-21)14-25-16(2)28)32-23(30)17-8-10-19(11-9-17)27-24(31)26-18-6-4-3-5-7-18/h3-13,15H,14H2,1-2H3,(H,25,28)(H2,26,27,31). The van der Waals surface area contributed by atoms with Crippen LogP contribution < -0.4 is 16.0 Å². The minimum Gasteiger partial charge on any atom is -0.451 e. The zero-order valence-corrected chi connectivity index (χ0v) is 18.9. The summed E-state index contributed by atoms with van der Waals surface area (Å²) >= 11 is 1.24. The van der Waals surface area contributed by atoms with E-state index in [0.717, 1.165) is 4.88 Å². The molecule has 0 aliphatic carbocycles. The van der Waals surface area contributed by atoms with E-state index in [-0.39, 0.29) is 17.3 Å². The molecule has 0 saturated heterocycles. The average molecular weight is 466 g/mol. The Bertz CT molecular complexity index is 1140. The summed E-state index contributed by atoms with van der Waals surface area (Å²) in [6, 6.07) is 18.1. The quantitative estimate of drug-likeness (QED) is 0.336. The van der Waals surface area contributed by atoms with E-state index in [2.05, 4.69) is 16.0 Å². The van der Waals surface area contributed by atoms with Crippen LogP contribution in [0.1, 0.15) is 38.8 Å². The van der Waals surface area contributed by atoms with Crippen molar-refractivity contribution in [1.29, 1.82) is 0 Å². The second-order valence-electron chi connectivity index (χ2n) is 7.11. The average Bonchev–Trinajstić information content (AvgIpc) is 3.27. The fraction of sp³-hybridized carbons (Fsp3) is 0.167. The zero-order valence-electron chi connectivity index (χ0n) is 18.1. The van der Waals surface area contributed by atoms with Gasteiger partial charge in [0.1, 0.15) is 0 Å². The van der Waals surface area contributed by atoms with Gasteiger partial charge in [0.25, 0.3) is 0 Å². The van der Waals surface area contributed by atoms with Crippen molar-refractivity contribution >= 4 is 46.4 Å². The first-order valence-corrected chi connectivity index (χ1v) is 10.9. The number of carbonyl (C=O) groups is 4. The van der Waals surface area contributed by atoms with Gasteiger partial charge in [0, 0.05) is 23.2 Å². The molecule has 9 heteroatoms. The van der Waals surface area contributed by atoms with Gasteiger partial charge < -0.3 is 20.7 Å². The number of hydrogen-bond donors (Lipinski definition) is 3. The molecule has 0 aliphatic rings. The smallest absolute Gasteiger partial charge is 0.338 e. The van der Waals surface area contributed by atoms with Crippen molar-refractivity contribution in [2.45, 2.75) is 26.5 Å². The molecule has 1 aromatic heterocycles. The van der Waals surface area contributed by atoms with Gasteiger partial charge in [0.05, 0.1) is 17.0 Å². The Kier molecular flexibility index (Phi) is 7.93. The molecule has 3 amide bonds. The molecule has 33 heavy (non-hydrogen) atoms. The minimum absolute atomic E-state index is 0.156. The highest BCUT2D eigenvalue weighted by Gasteiger charge is 2.22. The highest BCUT2D eigenvalue weighted by Crippen LogP contribution is 2.20. The van der Waals surface area contributed by atoms with Gasteiger partial charge in [-0.3, -0.25) is 9.59 Å². The van der Waals surface area contributed by atoms with Crippen molar-refractivity contribution in [3.63, 3.8) is 0 Å². The molecule has 170 valence electrons. The van der Waals surface area contributed by atoms with E-state index in [9.17, 15) is 19.2 Å². The molecule has 0 fully saturated rings. The topological polar surface area (TPSA) is 114 Å². The predicted octanol–water partition coefficient (Wildman–Crippen LogP) is 4.46. The lowest BCUT2D eigenvalue weighted by atomic mass is 10.2. The van der Waals surface area contributed by atoms with Crippen molar-refractivity contribution < 1.29 is 23.9 Å². The first-order chi connectivity index (χ1) is 15.8. The maximum absolute atomic E-state index is 12.6. The first kappa shape index (κ1) is 23.7. The highest BCUT2D eigenvalue weighted by molar-refractivity contribution is 7.14. The molecule has 0 aliphatic heterocycles. The number of amides is 3. The minimum atomic E-state index is -0.973. The Balaban J connectivity index is 1.52.